The van der Waals surface area contributed by atoms with Crippen LogP contribution < -0.4 is 4.90 Å². The first-order valence-electron chi connectivity index (χ1n) is 7.51. The van der Waals surface area contributed by atoms with E-state index in [0.717, 1.165) is 44.1 Å². The van der Waals surface area contributed by atoms with Crippen LogP contribution in [0.4, 0.5) is 5.95 Å². The predicted molar refractivity (Wildman–Crippen MR) is 83.4 cm³/mol. The van der Waals surface area contributed by atoms with Gasteiger partial charge in [-0.25, -0.2) is 9.97 Å². The molecule has 1 aliphatic rings. The number of rotatable bonds is 4. The molecule has 6 heteroatoms. The third-order valence-electron chi connectivity index (χ3n) is 3.84. The van der Waals surface area contributed by atoms with Crippen molar-refractivity contribution in [3.05, 3.63) is 48.5 Å². The number of hydrogen-bond donors (Lipinski definition) is 0. The highest BCUT2D eigenvalue weighted by Crippen LogP contribution is 2.11. The van der Waals surface area contributed by atoms with Gasteiger partial charge in [-0.3, -0.25) is 9.78 Å². The second-order valence-electron chi connectivity index (χ2n) is 5.27. The van der Waals surface area contributed by atoms with Crippen molar-refractivity contribution in [2.24, 2.45) is 0 Å². The fourth-order valence-corrected chi connectivity index (χ4v) is 2.57. The van der Waals surface area contributed by atoms with E-state index in [2.05, 4.69) is 19.9 Å². The van der Waals surface area contributed by atoms with Crippen LogP contribution in [0.3, 0.4) is 0 Å². The van der Waals surface area contributed by atoms with Crippen molar-refractivity contribution in [3.8, 4) is 0 Å². The van der Waals surface area contributed by atoms with Crippen LogP contribution in [0.25, 0.3) is 0 Å². The van der Waals surface area contributed by atoms with E-state index < -0.39 is 0 Å². The Bertz CT molecular complexity index is 596. The van der Waals surface area contributed by atoms with Crippen LogP contribution in [0.1, 0.15) is 12.0 Å². The summed E-state index contributed by atoms with van der Waals surface area (Å²) >= 11 is 0. The van der Waals surface area contributed by atoms with Gasteiger partial charge in [0.25, 0.3) is 0 Å². The van der Waals surface area contributed by atoms with Crippen LogP contribution in [0.15, 0.2) is 43.0 Å². The van der Waals surface area contributed by atoms with Gasteiger partial charge in [0.05, 0.1) is 0 Å². The molecule has 1 fully saturated rings. The molecule has 0 radical (unpaired) electrons. The molecule has 2 aromatic rings. The van der Waals surface area contributed by atoms with Crippen molar-refractivity contribution >= 4 is 11.9 Å². The normalized spacial score (nSPS) is 14.9. The Balaban J connectivity index is 1.48. The highest BCUT2D eigenvalue weighted by molar-refractivity contribution is 5.76. The molecule has 3 rings (SSSR count). The van der Waals surface area contributed by atoms with Crippen LogP contribution in [-0.4, -0.2) is 51.9 Å². The number of aromatic nitrogens is 3. The molecule has 1 aliphatic heterocycles. The molecule has 0 aliphatic carbocycles. The molecule has 0 bridgehead atoms. The summed E-state index contributed by atoms with van der Waals surface area (Å²) in [5.74, 6) is 0.955. The molecule has 3 heterocycles. The van der Waals surface area contributed by atoms with E-state index in [0.29, 0.717) is 6.42 Å². The van der Waals surface area contributed by atoms with Crippen LogP contribution in [-0.2, 0) is 11.2 Å². The molecule has 2 aromatic heterocycles. The summed E-state index contributed by atoms with van der Waals surface area (Å²) in [5.41, 5.74) is 1.15. The summed E-state index contributed by atoms with van der Waals surface area (Å²) in [4.78, 5) is 28.8. The summed E-state index contributed by atoms with van der Waals surface area (Å²) in [6.45, 7) is 3.02. The lowest BCUT2D eigenvalue weighted by Crippen LogP contribution is -2.49. The minimum atomic E-state index is 0.213. The summed E-state index contributed by atoms with van der Waals surface area (Å²) in [7, 11) is 0. The predicted octanol–water partition coefficient (Wildman–Crippen LogP) is 1.15. The molecule has 1 amide bonds. The van der Waals surface area contributed by atoms with Gasteiger partial charge in [0.1, 0.15) is 0 Å². The maximum Gasteiger partial charge on any atom is 0.225 e. The Morgan fingerprint density at radius 1 is 1.00 bits per heavy atom. The summed E-state index contributed by atoms with van der Waals surface area (Å²) < 4.78 is 0. The Morgan fingerprint density at radius 2 is 1.68 bits per heavy atom. The maximum atomic E-state index is 12.3. The van der Waals surface area contributed by atoms with Crippen molar-refractivity contribution in [1.29, 1.82) is 0 Å². The molecule has 114 valence electrons. The molecule has 0 spiro atoms. The molecule has 0 saturated carbocycles. The molecule has 6 nitrogen and oxygen atoms in total. The first kappa shape index (κ1) is 14.4. The Hall–Kier alpha value is -2.50. The Morgan fingerprint density at radius 3 is 2.36 bits per heavy atom. The van der Waals surface area contributed by atoms with E-state index in [1.165, 1.54) is 0 Å². The van der Waals surface area contributed by atoms with E-state index in [4.69, 9.17) is 0 Å². The number of pyridine rings is 1. The second kappa shape index (κ2) is 6.98. The van der Waals surface area contributed by atoms with Crippen LogP contribution in [0.2, 0.25) is 0 Å². The summed E-state index contributed by atoms with van der Waals surface area (Å²) in [6, 6.07) is 5.72. The van der Waals surface area contributed by atoms with Gasteiger partial charge in [0.2, 0.25) is 11.9 Å². The number of anilines is 1. The molecule has 0 unspecified atom stereocenters. The number of amides is 1. The van der Waals surface area contributed by atoms with Crippen molar-refractivity contribution in [2.75, 3.05) is 31.1 Å². The molecular formula is C16H19N5O. The summed E-state index contributed by atoms with van der Waals surface area (Å²) in [6.07, 6.45) is 8.33. The SMILES string of the molecule is O=C(CCc1ccncc1)N1CCN(c2ncccn2)CC1. The van der Waals surface area contributed by atoms with Crippen molar-refractivity contribution < 1.29 is 4.79 Å². The second-order valence-corrected chi connectivity index (χ2v) is 5.27. The van der Waals surface area contributed by atoms with Gasteiger partial charge in [0.15, 0.2) is 0 Å². The monoisotopic (exact) mass is 297 g/mol. The van der Waals surface area contributed by atoms with Gasteiger partial charge >= 0.3 is 0 Å². The zero-order chi connectivity index (χ0) is 15.2. The molecule has 0 N–H and O–H groups in total. The van der Waals surface area contributed by atoms with Crippen molar-refractivity contribution in [2.45, 2.75) is 12.8 Å². The average molecular weight is 297 g/mol. The van der Waals surface area contributed by atoms with Gasteiger partial charge in [-0.05, 0) is 30.2 Å². The Kier molecular flexibility index (Phi) is 4.58. The standard InChI is InChI=1S/C16H19N5O/c22-15(3-2-14-4-8-17-9-5-14)20-10-12-21(13-11-20)16-18-6-1-7-19-16/h1,4-9H,2-3,10-13H2. The molecule has 1 saturated heterocycles. The van der Waals surface area contributed by atoms with E-state index >= 15 is 0 Å². The number of aryl methyl sites for hydroxylation is 1. The fourth-order valence-electron chi connectivity index (χ4n) is 2.57. The van der Waals surface area contributed by atoms with Crippen LogP contribution in [0.5, 0.6) is 0 Å². The highest BCUT2D eigenvalue weighted by Gasteiger charge is 2.21. The van der Waals surface area contributed by atoms with Crippen LogP contribution >= 0.6 is 0 Å². The van der Waals surface area contributed by atoms with E-state index in [1.807, 2.05) is 23.1 Å². The number of carbonyl (C=O) groups is 1. The minimum Gasteiger partial charge on any atom is -0.339 e. The van der Waals surface area contributed by atoms with Gasteiger partial charge in [-0.2, -0.15) is 0 Å². The van der Waals surface area contributed by atoms with Gasteiger partial charge < -0.3 is 9.80 Å². The molecule has 0 atom stereocenters. The number of nitrogens with zero attached hydrogens (tertiary/aromatic N) is 5. The van der Waals surface area contributed by atoms with E-state index in [-0.39, 0.29) is 5.91 Å². The van der Waals surface area contributed by atoms with Gasteiger partial charge in [-0.1, -0.05) is 0 Å². The quantitative estimate of drug-likeness (QED) is 0.847. The smallest absolute Gasteiger partial charge is 0.225 e. The maximum absolute atomic E-state index is 12.3. The zero-order valence-corrected chi connectivity index (χ0v) is 12.4. The third kappa shape index (κ3) is 3.58. The molecule has 22 heavy (non-hydrogen) atoms. The topological polar surface area (TPSA) is 62.2 Å². The van der Waals surface area contributed by atoms with Gasteiger partial charge in [0, 0.05) is 57.4 Å². The van der Waals surface area contributed by atoms with E-state index in [9.17, 15) is 4.79 Å². The number of hydrogen-bond acceptors (Lipinski definition) is 5. The largest absolute Gasteiger partial charge is 0.339 e. The lowest BCUT2D eigenvalue weighted by molar-refractivity contribution is -0.131. The Labute approximate surface area is 129 Å². The first-order valence-corrected chi connectivity index (χ1v) is 7.51. The summed E-state index contributed by atoms with van der Waals surface area (Å²) in [5, 5.41) is 0. The van der Waals surface area contributed by atoms with Gasteiger partial charge in [-0.15, -0.1) is 0 Å². The number of carbonyl (C=O) groups excluding carboxylic acids is 1. The van der Waals surface area contributed by atoms with Crippen molar-refractivity contribution in [1.82, 2.24) is 19.9 Å². The first-order chi connectivity index (χ1) is 10.8. The highest BCUT2D eigenvalue weighted by atomic mass is 16.2. The number of piperazine rings is 1. The average Bonchev–Trinajstić information content (AvgIpc) is 2.61. The molecular weight excluding hydrogens is 278 g/mol. The van der Waals surface area contributed by atoms with Crippen LogP contribution in [0, 0.1) is 0 Å². The minimum absolute atomic E-state index is 0.213. The lowest BCUT2D eigenvalue weighted by atomic mass is 10.1. The van der Waals surface area contributed by atoms with E-state index in [1.54, 1.807) is 24.8 Å². The lowest BCUT2D eigenvalue weighted by Gasteiger charge is -2.34. The zero-order valence-electron chi connectivity index (χ0n) is 12.4. The molecule has 0 aromatic carbocycles. The van der Waals surface area contributed by atoms with Crippen molar-refractivity contribution in [3.63, 3.8) is 0 Å². The fraction of sp³-hybridized carbons (Fsp3) is 0.375. The third-order valence-corrected chi connectivity index (χ3v) is 3.84.